The first-order chi connectivity index (χ1) is 9.48. The van der Waals surface area contributed by atoms with E-state index in [9.17, 15) is 5.11 Å². The molecule has 1 aliphatic carbocycles. The monoisotopic (exact) mass is 290 g/mol. The molecular formula is C16H22N2OS. The van der Waals surface area contributed by atoms with Crippen LogP contribution in [0.3, 0.4) is 0 Å². The number of nitrogens with one attached hydrogen (secondary N) is 1. The van der Waals surface area contributed by atoms with Gasteiger partial charge < -0.3 is 10.4 Å². The Morgan fingerprint density at radius 1 is 1.20 bits per heavy atom. The van der Waals surface area contributed by atoms with Crippen molar-refractivity contribution in [3.05, 3.63) is 24.3 Å². The number of nitrogens with zero attached hydrogens (tertiary/aromatic N) is 1. The Labute approximate surface area is 124 Å². The highest BCUT2D eigenvalue weighted by Gasteiger charge is 2.36. The Bertz CT molecular complexity index is 595. The number of aliphatic hydroxyl groups is 1. The zero-order valence-corrected chi connectivity index (χ0v) is 13.0. The molecule has 1 heterocycles. The summed E-state index contributed by atoms with van der Waals surface area (Å²) in [6.45, 7) is 5.20. The normalized spacial score (nSPS) is 20.9. The second kappa shape index (κ2) is 5.01. The lowest BCUT2D eigenvalue weighted by Gasteiger charge is -2.40. The van der Waals surface area contributed by atoms with Gasteiger partial charge in [-0.3, -0.25) is 0 Å². The minimum Gasteiger partial charge on any atom is -0.388 e. The average molecular weight is 290 g/mol. The van der Waals surface area contributed by atoms with Gasteiger partial charge in [-0.2, -0.15) is 4.37 Å². The Hall–Kier alpha value is -1.13. The van der Waals surface area contributed by atoms with Crippen LogP contribution < -0.4 is 5.32 Å². The van der Waals surface area contributed by atoms with E-state index in [0.717, 1.165) is 41.6 Å². The summed E-state index contributed by atoms with van der Waals surface area (Å²) in [4.78, 5) is 0. The molecular weight excluding hydrogens is 268 g/mol. The van der Waals surface area contributed by atoms with Crippen molar-refractivity contribution >= 4 is 27.4 Å². The summed E-state index contributed by atoms with van der Waals surface area (Å²) in [7, 11) is 0. The van der Waals surface area contributed by atoms with Crippen LogP contribution in [0.25, 0.3) is 10.9 Å². The molecule has 2 aromatic rings. The van der Waals surface area contributed by atoms with Crippen LogP contribution in [-0.4, -0.2) is 21.6 Å². The number of hydrogen-bond donors (Lipinski definition) is 2. The lowest BCUT2D eigenvalue weighted by atomic mass is 9.71. The summed E-state index contributed by atoms with van der Waals surface area (Å²) in [6.07, 6.45) is 3.94. The maximum atomic E-state index is 10.7. The van der Waals surface area contributed by atoms with Crippen molar-refractivity contribution in [1.82, 2.24) is 4.37 Å². The van der Waals surface area contributed by atoms with Crippen molar-refractivity contribution in [2.45, 2.75) is 45.1 Å². The minimum atomic E-state index is -0.569. The molecule has 0 saturated heterocycles. The van der Waals surface area contributed by atoms with E-state index in [1.807, 2.05) is 18.2 Å². The van der Waals surface area contributed by atoms with E-state index in [4.69, 9.17) is 0 Å². The first kappa shape index (κ1) is 13.8. The van der Waals surface area contributed by atoms with Gasteiger partial charge in [0, 0.05) is 11.9 Å². The molecule has 1 aliphatic rings. The zero-order chi connectivity index (χ0) is 14.2. The Kier molecular flexibility index (Phi) is 3.46. The summed E-state index contributed by atoms with van der Waals surface area (Å²) in [5.74, 6) is 0. The van der Waals surface area contributed by atoms with Crippen LogP contribution in [0, 0.1) is 5.41 Å². The molecule has 0 atom stereocenters. The van der Waals surface area contributed by atoms with Crippen molar-refractivity contribution in [1.29, 1.82) is 0 Å². The van der Waals surface area contributed by atoms with Gasteiger partial charge in [0.05, 0.1) is 11.1 Å². The number of anilines is 1. The lowest BCUT2D eigenvalue weighted by molar-refractivity contribution is -0.0144. The van der Waals surface area contributed by atoms with Gasteiger partial charge in [-0.15, -0.1) is 0 Å². The van der Waals surface area contributed by atoms with Crippen LogP contribution in [0.1, 0.15) is 39.5 Å². The Morgan fingerprint density at radius 2 is 1.90 bits per heavy atom. The summed E-state index contributed by atoms with van der Waals surface area (Å²) in [6, 6.07) is 8.13. The van der Waals surface area contributed by atoms with Gasteiger partial charge in [-0.25, -0.2) is 0 Å². The summed E-state index contributed by atoms with van der Waals surface area (Å²) in [5, 5.41) is 16.3. The zero-order valence-electron chi connectivity index (χ0n) is 12.1. The molecule has 1 aromatic heterocycles. The molecule has 3 rings (SSSR count). The molecule has 1 fully saturated rings. The van der Waals surface area contributed by atoms with Crippen LogP contribution in [0.15, 0.2) is 24.3 Å². The van der Waals surface area contributed by atoms with Crippen molar-refractivity contribution in [2.24, 2.45) is 5.41 Å². The first-order valence-electron chi connectivity index (χ1n) is 7.28. The largest absolute Gasteiger partial charge is 0.388 e. The van der Waals surface area contributed by atoms with Crippen molar-refractivity contribution in [3.8, 4) is 0 Å². The lowest BCUT2D eigenvalue weighted by Crippen LogP contribution is -2.42. The maximum Gasteiger partial charge on any atom is 0.117 e. The maximum absolute atomic E-state index is 10.7. The number of rotatable bonds is 3. The third-order valence-electron chi connectivity index (χ3n) is 4.50. The highest BCUT2D eigenvalue weighted by atomic mass is 32.1. The fourth-order valence-electron chi connectivity index (χ4n) is 2.83. The molecule has 0 bridgehead atoms. The molecule has 2 N–H and O–H groups in total. The van der Waals surface area contributed by atoms with Gasteiger partial charge in [0.15, 0.2) is 0 Å². The van der Waals surface area contributed by atoms with Gasteiger partial charge >= 0.3 is 0 Å². The molecule has 108 valence electrons. The predicted octanol–water partition coefficient (Wildman–Crippen LogP) is 4.04. The molecule has 0 aliphatic heterocycles. The van der Waals surface area contributed by atoms with E-state index < -0.39 is 5.60 Å². The van der Waals surface area contributed by atoms with Crippen LogP contribution in [0.5, 0.6) is 0 Å². The van der Waals surface area contributed by atoms with Gasteiger partial charge in [0.1, 0.15) is 5.00 Å². The number of fused-ring (bicyclic) bond motifs is 1. The third kappa shape index (κ3) is 2.81. The Morgan fingerprint density at radius 3 is 2.65 bits per heavy atom. The topological polar surface area (TPSA) is 45.1 Å². The van der Waals surface area contributed by atoms with E-state index in [-0.39, 0.29) is 0 Å². The SMILES string of the molecule is CC1(C)CCC(O)(CNc2snc3ccccc23)CC1. The highest BCUT2D eigenvalue weighted by Crippen LogP contribution is 2.40. The second-order valence-corrected chi connectivity index (χ2v) is 7.54. The molecule has 3 nitrogen and oxygen atoms in total. The van der Waals surface area contributed by atoms with Gasteiger partial charge in [-0.1, -0.05) is 26.0 Å². The van der Waals surface area contributed by atoms with Crippen LogP contribution >= 0.6 is 11.5 Å². The minimum absolute atomic E-state index is 0.378. The summed E-state index contributed by atoms with van der Waals surface area (Å²) >= 11 is 1.48. The first-order valence-corrected chi connectivity index (χ1v) is 8.06. The number of aromatic nitrogens is 1. The molecule has 20 heavy (non-hydrogen) atoms. The van der Waals surface area contributed by atoms with Gasteiger partial charge in [-0.05, 0) is 54.8 Å². The molecule has 1 saturated carbocycles. The van der Waals surface area contributed by atoms with E-state index in [1.54, 1.807) is 0 Å². The number of hydrogen-bond acceptors (Lipinski definition) is 4. The van der Waals surface area contributed by atoms with Crippen molar-refractivity contribution in [2.75, 3.05) is 11.9 Å². The fourth-order valence-corrected chi connectivity index (χ4v) is 3.59. The molecule has 1 aromatic carbocycles. The van der Waals surface area contributed by atoms with E-state index in [2.05, 4.69) is 29.6 Å². The molecule has 0 spiro atoms. The van der Waals surface area contributed by atoms with Crippen LogP contribution in [-0.2, 0) is 0 Å². The fraction of sp³-hybridized carbons (Fsp3) is 0.562. The smallest absolute Gasteiger partial charge is 0.117 e. The predicted molar refractivity (Wildman–Crippen MR) is 85.3 cm³/mol. The average Bonchev–Trinajstić information content (AvgIpc) is 2.84. The van der Waals surface area contributed by atoms with Crippen molar-refractivity contribution < 1.29 is 5.11 Å². The second-order valence-electron chi connectivity index (χ2n) is 6.77. The highest BCUT2D eigenvalue weighted by molar-refractivity contribution is 7.11. The number of benzene rings is 1. The third-order valence-corrected chi connectivity index (χ3v) is 5.33. The molecule has 0 unspecified atom stereocenters. The van der Waals surface area contributed by atoms with Crippen LogP contribution in [0.4, 0.5) is 5.00 Å². The quantitative estimate of drug-likeness (QED) is 0.896. The molecule has 0 radical (unpaired) electrons. The van der Waals surface area contributed by atoms with E-state index >= 15 is 0 Å². The van der Waals surface area contributed by atoms with Gasteiger partial charge in [0.25, 0.3) is 0 Å². The Balaban J connectivity index is 1.67. The van der Waals surface area contributed by atoms with Gasteiger partial charge in [0.2, 0.25) is 0 Å². The summed E-state index contributed by atoms with van der Waals surface area (Å²) in [5.41, 5.74) is 0.834. The molecule has 0 amide bonds. The van der Waals surface area contributed by atoms with E-state index in [0.29, 0.717) is 12.0 Å². The molecule has 4 heteroatoms. The van der Waals surface area contributed by atoms with Crippen molar-refractivity contribution in [3.63, 3.8) is 0 Å². The van der Waals surface area contributed by atoms with Crippen LogP contribution in [0.2, 0.25) is 0 Å². The standard InChI is InChI=1S/C16H22N2OS/c1-15(2)7-9-16(19,10-8-15)11-17-14-12-5-3-4-6-13(12)18-20-14/h3-6,17,19H,7-11H2,1-2H3. The van der Waals surface area contributed by atoms with E-state index in [1.165, 1.54) is 11.5 Å². The summed E-state index contributed by atoms with van der Waals surface area (Å²) < 4.78 is 4.43.